The van der Waals surface area contributed by atoms with Crippen LogP contribution in [-0.4, -0.2) is 56.4 Å². The molecule has 0 saturated carbocycles. The van der Waals surface area contributed by atoms with E-state index in [0.717, 1.165) is 13.0 Å². The number of carbonyl (C=O) groups is 1. The van der Waals surface area contributed by atoms with Gasteiger partial charge in [0, 0.05) is 31.7 Å². The Bertz CT molecular complexity index is 618. The first-order valence-corrected chi connectivity index (χ1v) is 7.18. The summed E-state index contributed by atoms with van der Waals surface area (Å²) < 4.78 is 0. The molecule has 3 heterocycles. The molecule has 0 spiro atoms. The number of aromatic amines is 1. The van der Waals surface area contributed by atoms with E-state index in [0.29, 0.717) is 24.6 Å². The number of aromatic nitrogens is 4. The highest BCUT2D eigenvalue weighted by atomic mass is 16.3. The lowest BCUT2D eigenvalue weighted by Gasteiger charge is -2.39. The predicted molar refractivity (Wildman–Crippen MR) is 79.3 cm³/mol. The summed E-state index contributed by atoms with van der Waals surface area (Å²) in [5.74, 6) is 0.319. The van der Waals surface area contributed by atoms with Gasteiger partial charge in [-0.25, -0.2) is 9.97 Å². The monoisotopic (exact) mass is 302 g/mol. The summed E-state index contributed by atoms with van der Waals surface area (Å²) in [6.45, 7) is 1.36. The van der Waals surface area contributed by atoms with Crippen molar-refractivity contribution in [1.29, 1.82) is 0 Å². The fourth-order valence-corrected chi connectivity index (χ4v) is 2.60. The molecule has 1 fully saturated rings. The number of hydrogen-bond acceptors (Lipinski definition) is 6. The number of piperidine rings is 1. The van der Waals surface area contributed by atoms with E-state index in [4.69, 9.17) is 0 Å². The molecule has 0 aliphatic carbocycles. The van der Waals surface area contributed by atoms with Crippen molar-refractivity contribution < 1.29 is 9.90 Å². The summed E-state index contributed by atoms with van der Waals surface area (Å²) >= 11 is 0. The molecule has 1 aliphatic heterocycles. The van der Waals surface area contributed by atoms with Crippen molar-refractivity contribution in [1.82, 2.24) is 25.5 Å². The summed E-state index contributed by atoms with van der Waals surface area (Å²) in [6, 6.07) is 3.34. The van der Waals surface area contributed by atoms with Crippen LogP contribution >= 0.6 is 0 Å². The Balaban J connectivity index is 1.61. The minimum absolute atomic E-state index is 0.175. The highest BCUT2D eigenvalue weighted by molar-refractivity contribution is 5.92. The normalized spacial score (nSPS) is 21.6. The number of rotatable bonds is 4. The molecule has 116 valence electrons. The van der Waals surface area contributed by atoms with Crippen LogP contribution in [0.4, 0.5) is 5.95 Å². The van der Waals surface area contributed by atoms with Crippen molar-refractivity contribution in [3.05, 3.63) is 36.4 Å². The standard InChI is InChI=1S/C14H18N6O2/c21-12(11-3-7-18-19-11)17-9-14(22)4-1-8-20(10-14)13-15-5-2-6-16-13/h2-3,5-7,22H,1,4,8-10H2,(H,17,21)(H,18,19)/t14-/m0/s1. The Morgan fingerprint density at radius 3 is 2.95 bits per heavy atom. The van der Waals surface area contributed by atoms with Crippen molar-refractivity contribution in [2.45, 2.75) is 18.4 Å². The summed E-state index contributed by atoms with van der Waals surface area (Å²) in [6.07, 6.45) is 6.30. The quantitative estimate of drug-likeness (QED) is 0.731. The lowest BCUT2D eigenvalue weighted by molar-refractivity contribution is 0.0251. The van der Waals surface area contributed by atoms with Gasteiger partial charge in [0.1, 0.15) is 5.69 Å². The van der Waals surface area contributed by atoms with Gasteiger partial charge in [-0.05, 0) is 25.0 Å². The maximum absolute atomic E-state index is 11.9. The highest BCUT2D eigenvalue weighted by Gasteiger charge is 2.34. The summed E-state index contributed by atoms with van der Waals surface area (Å²) in [5, 5.41) is 19.8. The Morgan fingerprint density at radius 1 is 1.41 bits per heavy atom. The van der Waals surface area contributed by atoms with Gasteiger partial charge in [0.2, 0.25) is 5.95 Å². The van der Waals surface area contributed by atoms with Gasteiger partial charge in [-0.2, -0.15) is 5.10 Å². The van der Waals surface area contributed by atoms with Crippen LogP contribution in [0.5, 0.6) is 0 Å². The largest absolute Gasteiger partial charge is 0.386 e. The zero-order chi connectivity index (χ0) is 15.4. The first-order valence-electron chi connectivity index (χ1n) is 7.18. The van der Waals surface area contributed by atoms with Crippen LogP contribution < -0.4 is 10.2 Å². The second kappa shape index (κ2) is 6.10. The van der Waals surface area contributed by atoms with Crippen LogP contribution in [0, 0.1) is 0 Å². The van der Waals surface area contributed by atoms with Gasteiger partial charge in [0.05, 0.1) is 12.1 Å². The second-order valence-corrected chi connectivity index (χ2v) is 5.45. The summed E-state index contributed by atoms with van der Waals surface area (Å²) in [5.41, 5.74) is -0.615. The third-order valence-corrected chi connectivity index (χ3v) is 3.71. The smallest absolute Gasteiger partial charge is 0.269 e. The molecule has 0 aromatic carbocycles. The molecule has 3 rings (SSSR count). The SMILES string of the molecule is O=C(NC[C@@]1(O)CCCN(c2ncccn2)C1)c1ccn[nH]1. The average Bonchev–Trinajstić information content (AvgIpc) is 3.08. The summed E-state index contributed by atoms with van der Waals surface area (Å²) in [4.78, 5) is 22.3. The molecule has 1 atom stereocenters. The molecule has 1 saturated heterocycles. The fraction of sp³-hybridized carbons (Fsp3) is 0.429. The van der Waals surface area contributed by atoms with Gasteiger partial charge in [-0.15, -0.1) is 0 Å². The minimum atomic E-state index is -0.993. The van der Waals surface area contributed by atoms with Gasteiger partial charge < -0.3 is 15.3 Å². The van der Waals surface area contributed by atoms with Gasteiger partial charge in [-0.3, -0.25) is 9.89 Å². The molecule has 0 radical (unpaired) electrons. The molecule has 0 unspecified atom stereocenters. The Labute approximate surface area is 127 Å². The first-order chi connectivity index (χ1) is 10.7. The first kappa shape index (κ1) is 14.5. The van der Waals surface area contributed by atoms with Crippen molar-refractivity contribution >= 4 is 11.9 Å². The Kier molecular flexibility index (Phi) is 4.01. The van der Waals surface area contributed by atoms with E-state index in [1.807, 2.05) is 4.90 Å². The number of nitrogens with zero attached hydrogens (tertiary/aromatic N) is 4. The Hall–Kier alpha value is -2.48. The van der Waals surface area contributed by atoms with Crippen LogP contribution in [0.1, 0.15) is 23.3 Å². The van der Waals surface area contributed by atoms with E-state index < -0.39 is 5.60 Å². The fourth-order valence-electron chi connectivity index (χ4n) is 2.60. The number of amides is 1. The van der Waals surface area contributed by atoms with Crippen molar-refractivity contribution in [2.24, 2.45) is 0 Å². The van der Waals surface area contributed by atoms with E-state index >= 15 is 0 Å². The predicted octanol–water partition coefficient (Wildman–Crippen LogP) is -0.0390. The van der Waals surface area contributed by atoms with E-state index in [2.05, 4.69) is 25.5 Å². The number of β-amino-alcohol motifs (C(OH)–C–C–N with tert-alkyl or cyclic N) is 1. The maximum Gasteiger partial charge on any atom is 0.269 e. The number of aliphatic hydroxyl groups is 1. The van der Waals surface area contributed by atoms with Gasteiger partial charge in [-0.1, -0.05) is 0 Å². The number of nitrogens with one attached hydrogen (secondary N) is 2. The zero-order valence-corrected chi connectivity index (χ0v) is 12.1. The molecule has 1 amide bonds. The zero-order valence-electron chi connectivity index (χ0n) is 12.1. The molecule has 2 aromatic heterocycles. The van der Waals surface area contributed by atoms with Crippen LogP contribution in [0.3, 0.4) is 0 Å². The van der Waals surface area contributed by atoms with Crippen molar-refractivity contribution in [3.8, 4) is 0 Å². The van der Waals surface area contributed by atoms with Crippen LogP contribution in [0.2, 0.25) is 0 Å². The molecule has 1 aliphatic rings. The van der Waals surface area contributed by atoms with E-state index in [1.165, 1.54) is 6.20 Å². The van der Waals surface area contributed by atoms with Crippen LogP contribution in [0.25, 0.3) is 0 Å². The van der Waals surface area contributed by atoms with E-state index in [1.54, 1.807) is 24.5 Å². The number of anilines is 1. The van der Waals surface area contributed by atoms with Gasteiger partial charge in [0.15, 0.2) is 0 Å². The van der Waals surface area contributed by atoms with Crippen molar-refractivity contribution in [3.63, 3.8) is 0 Å². The molecule has 3 N–H and O–H groups in total. The maximum atomic E-state index is 11.9. The molecular weight excluding hydrogens is 284 g/mol. The van der Waals surface area contributed by atoms with Gasteiger partial charge in [0.25, 0.3) is 5.91 Å². The molecule has 8 nitrogen and oxygen atoms in total. The van der Waals surface area contributed by atoms with E-state index in [9.17, 15) is 9.90 Å². The third-order valence-electron chi connectivity index (χ3n) is 3.71. The second-order valence-electron chi connectivity index (χ2n) is 5.45. The molecule has 2 aromatic rings. The Morgan fingerprint density at radius 2 is 2.23 bits per heavy atom. The van der Waals surface area contributed by atoms with Crippen LogP contribution in [0.15, 0.2) is 30.7 Å². The molecule has 0 bridgehead atoms. The molecular formula is C14H18N6O2. The average molecular weight is 302 g/mol. The molecule has 8 heteroatoms. The number of hydrogen-bond donors (Lipinski definition) is 3. The van der Waals surface area contributed by atoms with Crippen LogP contribution in [-0.2, 0) is 0 Å². The topological polar surface area (TPSA) is 107 Å². The number of carbonyl (C=O) groups excluding carboxylic acids is 1. The van der Waals surface area contributed by atoms with Crippen molar-refractivity contribution in [2.75, 3.05) is 24.5 Å². The lowest BCUT2D eigenvalue weighted by Crippen LogP contribution is -2.54. The van der Waals surface area contributed by atoms with E-state index in [-0.39, 0.29) is 12.5 Å². The van der Waals surface area contributed by atoms with Gasteiger partial charge >= 0.3 is 0 Å². The lowest BCUT2D eigenvalue weighted by atomic mass is 9.93. The minimum Gasteiger partial charge on any atom is -0.386 e. The highest BCUT2D eigenvalue weighted by Crippen LogP contribution is 2.23. The third kappa shape index (κ3) is 3.22. The molecule has 22 heavy (non-hydrogen) atoms. The summed E-state index contributed by atoms with van der Waals surface area (Å²) in [7, 11) is 0. The number of H-pyrrole nitrogens is 1.